The van der Waals surface area contributed by atoms with Gasteiger partial charge in [-0.3, -0.25) is 13.9 Å². The van der Waals surface area contributed by atoms with Crippen LogP contribution in [0.2, 0.25) is 18.1 Å². The molecule has 10 heteroatoms. The third-order valence-corrected chi connectivity index (χ3v) is 13.6. The largest absolute Gasteiger partial charge is 0.481 e. The highest BCUT2D eigenvalue weighted by molar-refractivity contribution is 7.93. The molecule has 2 rings (SSSR count). The van der Waals surface area contributed by atoms with Gasteiger partial charge in [-0.25, -0.2) is 8.42 Å². The minimum Gasteiger partial charge on any atom is -0.481 e. The highest BCUT2D eigenvalue weighted by atomic mass is 32.2. The van der Waals surface area contributed by atoms with Crippen LogP contribution in [0.25, 0.3) is 0 Å². The van der Waals surface area contributed by atoms with Crippen LogP contribution in [0.5, 0.6) is 0 Å². The molecule has 0 saturated carbocycles. The average Bonchev–Trinajstić information content (AvgIpc) is 3.10. The molecule has 1 aromatic carbocycles. The van der Waals surface area contributed by atoms with Crippen molar-refractivity contribution < 1.29 is 27.5 Å². The van der Waals surface area contributed by atoms with E-state index >= 15 is 0 Å². The van der Waals surface area contributed by atoms with Gasteiger partial charge in [0.1, 0.15) is 0 Å². The quantitative estimate of drug-likeness (QED) is 0.387. The minimum absolute atomic E-state index is 0.0837. The molecule has 0 aliphatic carbocycles. The summed E-state index contributed by atoms with van der Waals surface area (Å²) in [7, 11) is -5.63. The second-order valence-corrected chi connectivity index (χ2v) is 18.7. The van der Waals surface area contributed by atoms with Crippen LogP contribution in [0.4, 0.5) is 5.69 Å². The zero-order chi connectivity index (χ0) is 27.5. The third-order valence-electron chi connectivity index (χ3n) is 7.25. The Hall–Kier alpha value is -1.91. The first-order chi connectivity index (χ1) is 16.4. The van der Waals surface area contributed by atoms with Gasteiger partial charge >= 0.3 is 5.97 Å². The fourth-order valence-corrected chi connectivity index (χ4v) is 7.02. The maximum absolute atomic E-state index is 13.4. The van der Waals surface area contributed by atoms with Crippen molar-refractivity contribution in [1.29, 1.82) is 0 Å². The second-order valence-electron chi connectivity index (χ2n) is 11.9. The molecular formula is C26H44N2O6SSi. The highest BCUT2D eigenvalue weighted by Gasteiger charge is 2.42. The Kier molecular flexibility index (Phi) is 9.80. The van der Waals surface area contributed by atoms with Crippen LogP contribution in [0.15, 0.2) is 24.3 Å². The number of nitrogens with zero attached hydrogens (tertiary/aromatic N) is 1. The standard InChI is InChI=1S/C26H44N2O6SSi/c1-18(2)15-22(23(16-19(3)25(30)31)34-36(7,8)26(4,5)6)27-24(29)20-11-9-12-21(17-20)28-13-10-14-35(28,32)33/h9,11-12,17-19,22-23H,10,13-16H2,1-8H3,(H,27,29)(H,30,31)/t19-,22+,23+/m1/s1. The van der Waals surface area contributed by atoms with Gasteiger partial charge in [-0.1, -0.05) is 47.6 Å². The van der Waals surface area contributed by atoms with Gasteiger partial charge < -0.3 is 14.8 Å². The molecule has 0 unspecified atom stereocenters. The zero-order valence-electron chi connectivity index (χ0n) is 23.0. The fraction of sp³-hybridized carbons (Fsp3) is 0.692. The van der Waals surface area contributed by atoms with Gasteiger partial charge in [0.2, 0.25) is 10.0 Å². The first-order valence-electron chi connectivity index (χ1n) is 12.8. The van der Waals surface area contributed by atoms with E-state index in [9.17, 15) is 23.1 Å². The third kappa shape index (κ3) is 7.79. The number of hydrogen-bond acceptors (Lipinski definition) is 5. The van der Waals surface area contributed by atoms with E-state index in [1.807, 2.05) is 0 Å². The van der Waals surface area contributed by atoms with Gasteiger partial charge in [-0.2, -0.15) is 0 Å². The topological polar surface area (TPSA) is 113 Å². The Labute approximate surface area is 218 Å². The van der Waals surface area contributed by atoms with Crippen LogP contribution in [-0.2, 0) is 19.2 Å². The molecular weight excluding hydrogens is 496 g/mol. The second kappa shape index (κ2) is 11.6. The molecule has 1 aliphatic rings. The number of carbonyl (C=O) groups excluding carboxylic acids is 1. The summed E-state index contributed by atoms with van der Waals surface area (Å²) in [5.41, 5.74) is 0.842. The van der Waals surface area contributed by atoms with Crippen molar-refractivity contribution in [2.24, 2.45) is 11.8 Å². The molecule has 1 amide bonds. The maximum atomic E-state index is 13.4. The number of carbonyl (C=O) groups is 2. The van der Waals surface area contributed by atoms with Crippen LogP contribution in [0.3, 0.4) is 0 Å². The number of aliphatic carboxylic acids is 1. The lowest BCUT2D eigenvalue weighted by Gasteiger charge is -2.42. The van der Waals surface area contributed by atoms with Crippen LogP contribution >= 0.6 is 0 Å². The van der Waals surface area contributed by atoms with Crippen LogP contribution < -0.4 is 9.62 Å². The average molecular weight is 541 g/mol. The molecule has 0 aromatic heterocycles. The number of hydrogen-bond donors (Lipinski definition) is 2. The van der Waals surface area contributed by atoms with Crippen LogP contribution in [0.1, 0.15) is 71.2 Å². The molecule has 8 nitrogen and oxygen atoms in total. The number of carboxylic acid groups (broad SMARTS) is 1. The van der Waals surface area contributed by atoms with Crippen LogP contribution in [0, 0.1) is 11.8 Å². The molecule has 1 aliphatic heterocycles. The van der Waals surface area contributed by atoms with Gasteiger partial charge in [0, 0.05) is 12.1 Å². The lowest BCUT2D eigenvalue weighted by molar-refractivity contribution is -0.142. The highest BCUT2D eigenvalue weighted by Crippen LogP contribution is 2.39. The Balaban J connectivity index is 2.37. The van der Waals surface area contributed by atoms with Crippen molar-refractivity contribution in [1.82, 2.24) is 5.32 Å². The molecule has 3 atom stereocenters. The summed E-state index contributed by atoms with van der Waals surface area (Å²) < 4.78 is 32.8. The Morgan fingerprint density at radius 3 is 2.31 bits per heavy atom. The Morgan fingerprint density at radius 1 is 1.17 bits per heavy atom. The Morgan fingerprint density at radius 2 is 1.81 bits per heavy atom. The number of carboxylic acids is 1. The number of rotatable bonds is 11. The van der Waals surface area contributed by atoms with Crippen molar-refractivity contribution >= 4 is 35.9 Å². The number of benzene rings is 1. The van der Waals surface area contributed by atoms with E-state index < -0.39 is 42.4 Å². The van der Waals surface area contributed by atoms with E-state index in [1.165, 1.54) is 4.31 Å². The van der Waals surface area contributed by atoms with Gasteiger partial charge in [0.15, 0.2) is 8.32 Å². The summed E-state index contributed by atoms with van der Waals surface area (Å²) in [5.74, 6) is -1.51. The first kappa shape index (κ1) is 30.3. The van der Waals surface area contributed by atoms with E-state index in [4.69, 9.17) is 4.43 Å². The molecule has 1 heterocycles. The molecule has 0 bridgehead atoms. The maximum Gasteiger partial charge on any atom is 0.306 e. The van der Waals surface area contributed by atoms with E-state index in [0.717, 1.165) is 0 Å². The number of sulfonamides is 1. The predicted molar refractivity (Wildman–Crippen MR) is 146 cm³/mol. The minimum atomic E-state index is -3.36. The lowest BCUT2D eigenvalue weighted by Crippen LogP contribution is -2.53. The molecule has 36 heavy (non-hydrogen) atoms. The van der Waals surface area contributed by atoms with Gasteiger partial charge in [-0.15, -0.1) is 0 Å². The smallest absolute Gasteiger partial charge is 0.306 e. The number of amides is 1. The summed E-state index contributed by atoms with van der Waals surface area (Å²) in [6.45, 7) is 16.8. The van der Waals surface area contributed by atoms with Crippen molar-refractivity contribution in [3.8, 4) is 0 Å². The molecule has 2 N–H and O–H groups in total. The normalized spacial score (nSPS) is 18.6. The number of anilines is 1. The Bertz CT molecular complexity index is 1040. The summed E-state index contributed by atoms with van der Waals surface area (Å²) in [6, 6.07) is 6.26. The lowest BCUT2D eigenvalue weighted by atomic mass is 9.92. The van der Waals surface area contributed by atoms with E-state index in [2.05, 4.69) is 53.0 Å². The van der Waals surface area contributed by atoms with Gasteiger partial charge in [0.05, 0.1) is 29.5 Å². The van der Waals surface area contributed by atoms with E-state index in [-0.39, 0.29) is 29.0 Å². The fourth-order valence-electron chi connectivity index (χ4n) is 4.09. The molecule has 0 radical (unpaired) electrons. The molecule has 0 spiro atoms. The monoisotopic (exact) mass is 540 g/mol. The van der Waals surface area contributed by atoms with Gasteiger partial charge in [-0.05, 0) is 61.5 Å². The summed E-state index contributed by atoms with van der Waals surface area (Å²) in [5, 5.41) is 12.6. The summed E-state index contributed by atoms with van der Waals surface area (Å²) in [4.78, 5) is 25.1. The predicted octanol–water partition coefficient (Wildman–Crippen LogP) is 4.87. The van der Waals surface area contributed by atoms with Crippen LogP contribution in [-0.4, -0.2) is 58.2 Å². The van der Waals surface area contributed by atoms with Crippen molar-refractivity contribution in [2.75, 3.05) is 16.6 Å². The first-order valence-corrected chi connectivity index (χ1v) is 17.3. The number of nitrogens with one attached hydrogen (secondary N) is 1. The van der Waals surface area contributed by atoms with Crippen molar-refractivity contribution in [3.63, 3.8) is 0 Å². The molecule has 1 saturated heterocycles. The van der Waals surface area contributed by atoms with Crippen molar-refractivity contribution in [3.05, 3.63) is 29.8 Å². The molecule has 204 valence electrons. The van der Waals surface area contributed by atoms with E-state index in [1.54, 1.807) is 31.2 Å². The zero-order valence-corrected chi connectivity index (χ0v) is 24.8. The summed E-state index contributed by atoms with van der Waals surface area (Å²) >= 11 is 0. The molecule has 1 aromatic rings. The van der Waals surface area contributed by atoms with Gasteiger partial charge in [0.25, 0.3) is 5.91 Å². The SMILES string of the molecule is CC(C)C[C@H](NC(=O)c1cccc(N2CCCS2(=O)=O)c1)[C@H](C[C@@H](C)C(=O)O)O[Si](C)(C)C(C)(C)C. The molecule has 1 fully saturated rings. The van der Waals surface area contributed by atoms with Crippen molar-refractivity contribution in [2.45, 2.75) is 91.1 Å². The summed E-state index contributed by atoms with van der Waals surface area (Å²) in [6.07, 6.45) is 0.998. The van der Waals surface area contributed by atoms with E-state index in [0.29, 0.717) is 30.6 Å².